The van der Waals surface area contributed by atoms with Crippen LogP contribution in [-0.2, 0) is 6.42 Å². The summed E-state index contributed by atoms with van der Waals surface area (Å²) < 4.78 is 0. The van der Waals surface area contributed by atoms with Crippen LogP contribution in [-0.4, -0.2) is 26.2 Å². The molecule has 0 aromatic heterocycles. The molecule has 0 radical (unpaired) electrons. The van der Waals surface area contributed by atoms with Crippen LogP contribution in [0.5, 0.6) is 0 Å². The Labute approximate surface area is 105 Å². The summed E-state index contributed by atoms with van der Waals surface area (Å²) in [6, 6.07) is 6.69. The topological polar surface area (TPSA) is 15.3 Å². The molecular formula is C15H24N2. The van der Waals surface area contributed by atoms with Gasteiger partial charge in [-0.15, -0.1) is 0 Å². The monoisotopic (exact) mass is 232 g/mol. The first-order valence-corrected chi connectivity index (χ1v) is 6.87. The molecule has 1 heterocycles. The molecule has 1 N–H and O–H groups in total. The van der Waals surface area contributed by atoms with Crippen LogP contribution in [0.25, 0.3) is 0 Å². The van der Waals surface area contributed by atoms with E-state index in [1.165, 1.54) is 42.7 Å². The predicted molar refractivity (Wildman–Crippen MR) is 74.9 cm³/mol. The Bertz CT molecular complexity index is 352. The lowest BCUT2D eigenvalue weighted by Crippen LogP contribution is -2.37. The Balaban J connectivity index is 2.23. The summed E-state index contributed by atoms with van der Waals surface area (Å²) in [5.41, 5.74) is 4.40. The quantitative estimate of drug-likeness (QED) is 0.843. The largest absolute Gasteiger partial charge is 0.370 e. The average Bonchev–Trinajstić information content (AvgIpc) is 2.29. The molecule has 17 heavy (non-hydrogen) atoms. The van der Waals surface area contributed by atoms with Crippen molar-refractivity contribution in [3.05, 3.63) is 29.3 Å². The van der Waals surface area contributed by atoms with Crippen LogP contribution in [0, 0.1) is 6.92 Å². The molecule has 0 bridgehead atoms. The summed E-state index contributed by atoms with van der Waals surface area (Å²) in [7, 11) is 0. The molecule has 0 atom stereocenters. The number of nitrogens with one attached hydrogen (secondary N) is 1. The van der Waals surface area contributed by atoms with Gasteiger partial charge in [0.05, 0.1) is 0 Å². The van der Waals surface area contributed by atoms with Crippen molar-refractivity contribution in [2.75, 3.05) is 31.1 Å². The number of rotatable bonds is 2. The summed E-state index contributed by atoms with van der Waals surface area (Å²) in [5.74, 6) is 0. The molecule has 0 saturated carbocycles. The molecule has 2 rings (SSSR count). The van der Waals surface area contributed by atoms with Crippen LogP contribution in [0.2, 0.25) is 0 Å². The Morgan fingerprint density at radius 2 is 2.06 bits per heavy atom. The fraction of sp³-hybridized carbons (Fsp3) is 0.600. The van der Waals surface area contributed by atoms with Crippen LogP contribution in [0.4, 0.5) is 5.69 Å². The van der Waals surface area contributed by atoms with Gasteiger partial charge >= 0.3 is 0 Å². The number of para-hydroxylation sites is 1. The first-order chi connectivity index (χ1) is 8.33. The molecule has 0 aliphatic carbocycles. The molecule has 1 aromatic rings. The van der Waals surface area contributed by atoms with E-state index in [0.717, 1.165) is 19.5 Å². The maximum absolute atomic E-state index is 3.50. The number of aryl methyl sites for hydroxylation is 2. The first kappa shape index (κ1) is 12.4. The van der Waals surface area contributed by atoms with Crippen molar-refractivity contribution in [1.29, 1.82) is 0 Å². The van der Waals surface area contributed by atoms with Crippen molar-refractivity contribution < 1.29 is 0 Å². The van der Waals surface area contributed by atoms with Crippen LogP contribution < -0.4 is 10.2 Å². The Kier molecular flexibility index (Phi) is 4.43. The van der Waals surface area contributed by atoms with Gasteiger partial charge in [0.15, 0.2) is 0 Å². The molecule has 1 saturated heterocycles. The van der Waals surface area contributed by atoms with Crippen molar-refractivity contribution in [2.24, 2.45) is 0 Å². The second-order valence-electron chi connectivity index (χ2n) is 4.88. The lowest BCUT2D eigenvalue weighted by Gasteiger charge is -2.30. The molecule has 1 aromatic carbocycles. The number of hydrogen-bond acceptors (Lipinski definition) is 2. The molecule has 1 aliphatic heterocycles. The third-order valence-corrected chi connectivity index (χ3v) is 3.61. The maximum Gasteiger partial charge on any atom is 0.0428 e. The van der Waals surface area contributed by atoms with Crippen molar-refractivity contribution in [1.82, 2.24) is 5.32 Å². The van der Waals surface area contributed by atoms with E-state index in [-0.39, 0.29) is 0 Å². The predicted octanol–water partition coefficient (Wildman–Crippen LogP) is 2.75. The second kappa shape index (κ2) is 6.06. The van der Waals surface area contributed by atoms with Crippen molar-refractivity contribution in [3.63, 3.8) is 0 Å². The third kappa shape index (κ3) is 3.01. The molecule has 1 fully saturated rings. The van der Waals surface area contributed by atoms with E-state index in [1.54, 1.807) is 0 Å². The van der Waals surface area contributed by atoms with E-state index in [0.29, 0.717) is 0 Å². The first-order valence-electron chi connectivity index (χ1n) is 6.87. The molecule has 2 heteroatoms. The van der Waals surface area contributed by atoms with Gasteiger partial charge in [-0.05, 0) is 43.9 Å². The number of anilines is 1. The number of hydrogen-bond donors (Lipinski definition) is 1. The number of nitrogens with zero attached hydrogens (tertiary/aromatic N) is 1. The van der Waals surface area contributed by atoms with Crippen LogP contribution in [0.15, 0.2) is 18.2 Å². The minimum absolute atomic E-state index is 1.11. The highest BCUT2D eigenvalue weighted by atomic mass is 15.1. The van der Waals surface area contributed by atoms with E-state index in [1.807, 2.05) is 0 Å². The number of benzene rings is 1. The van der Waals surface area contributed by atoms with Crippen molar-refractivity contribution in [3.8, 4) is 0 Å². The standard InChI is InChI=1S/C15H24N2/c1-3-14-8-6-7-13(2)15(14)17-11-5-4-9-16-10-12-17/h6-8,16H,3-5,9-12H2,1-2H3. The Morgan fingerprint density at radius 1 is 1.18 bits per heavy atom. The van der Waals surface area contributed by atoms with E-state index >= 15 is 0 Å². The maximum atomic E-state index is 3.50. The van der Waals surface area contributed by atoms with Gasteiger partial charge in [-0.2, -0.15) is 0 Å². The van der Waals surface area contributed by atoms with Crippen LogP contribution in [0.3, 0.4) is 0 Å². The molecule has 1 aliphatic rings. The molecule has 0 unspecified atom stereocenters. The zero-order valence-corrected chi connectivity index (χ0v) is 11.1. The summed E-state index contributed by atoms with van der Waals surface area (Å²) in [6.45, 7) is 9.12. The SMILES string of the molecule is CCc1cccc(C)c1N1CCCCNCC1. The highest BCUT2D eigenvalue weighted by molar-refractivity contribution is 5.59. The molecule has 94 valence electrons. The fourth-order valence-corrected chi connectivity index (χ4v) is 2.68. The van der Waals surface area contributed by atoms with E-state index in [2.05, 4.69) is 42.3 Å². The average molecular weight is 232 g/mol. The van der Waals surface area contributed by atoms with Gasteiger partial charge in [-0.25, -0.2) is 0 Å². The zero-order valence-electron chi connectivity index (χ0n) is 11.1. The highest BCUT2D eigenvalue weighted by Gasteiger charge is 2.13. The lowest BCUT2D eigenvalue weighted by molar-refractivity contribution is 0.566. The molecular weight excluding hydrogens is 208 g/mol. The van der Waals surface area contributed by atoms with Crippen molar-refractivity contribution in [2.45, 2.75) is 33.1 Å². The zero-order chi connectivity index (χ0) is 12.1. The van der Waals surface area contributed by atoms with Gasteiger partial charge in [0.25, 0.3) is 0 Å². The second-order valence-corrected chi connectivity index (χ2v) is 4.88. The van der Waals surface area contributed by atoms with Crippen LogP contribution >= 0.6 is 0 Å². The van der Waals surface area contributed by atoms with E-state index < -0.39 is 0 Å². The Hall–Kier alpha value is -1.02. The summed E-state index contributed by atoms with van der Waals surface area (Å²) in [4.78, 5) is 2.57. The van der Waals surface area contributed by atoms with Gasteiger partial charge in [0.1, 0.15) is 0 Å². The van der Waals surface area contributed by atoms with Crippen LogP contribution in [0.1, 0.15) is 30.9 Å². The van der Waals surface area contributed by atoms with E-state index in [9.17, 15) is 0 Å². The fourth-order valence-electron chi connectivity index (χ4n) is 2.68. The molecule has 0 amide bonds. The Morgan fingerprint density at radius 3 is 2.88 bits per heavy atom. The minimum Gasteiger partial charge on any atom is -0.370 e. The summed E-state index contributed by atoms with van der Waals surface area (Å²) in [5, 5.41) is 3.50. The highest BCUT2D eigenvalue weighted by Crippen LogP contribution is 2.26. The molecule has 0 spiro atoms. The lowest BCUT2D eigenvalue weighted by atomic mass is 10.0. The van der Waals surface area contributed by atoms with Gasteiger partial charge in [0, 0.05) is 25.3 Å². The van der Waals surface area contributed by atoms with Crippen molar-refractivity contribution >= 4 is 5.69 Å². The van der Waals surface area contributed by atoms with Gasteiger partial charge < -0.3 is 10.2 Å². The third-order valence-electron chi connectivity index (χ3n) is 3.61. The summed E-state index contributed by atoms with van der Waals surface area (Å²) >= 11 is 0. The van der Waals surface area contributed by atoms with Gasteiger partial charge in [-0.1, -0.05) is 25.1 Å². The normalized spacial score (nSPS) is 17.6. The molecule has 2 nitrogen and oxygen atoms in total. The van der Waals surface area contributed by atoms with Gasteiger partial charge in [-0.3, -0.25) is 0 Å². The smallest absolute Gasteiger partial charge is 0.0428 e. The minimum atomic E-state index is 1.11. The summed E-state index contributed by atoms with van der Waals surface area (Å²) in [6.07, 6.45) is 3.72. The van der Waals surface area contributed by atoms with E-state index in [4.69, 9.17) is 0 Å². The van der Waals surface area contributed by atoms with Gasteiger partial charge in [0.2, 0.25) is 0 Å².